The van der Waals surface area contributed by atoms with Crippen molar-refractivity contribution in [3.05, 3.63) is 18.0 Å². The van der Waals surface area contributed by atoms with Crippen LogP contribution < -0.4 is 4.90 Å². The van der Waals surface area contributed by atoms with E-state index in [4.69, 9.17) is 5.11 Å². The van der Waals surface area contributed by atoms with Crippen LogP contribution in [0, 0.1) is 5.41 Å². The molecular formula is C16H26N4O3. The largest absolute Gasteiger partial charge is 0.480 e. The second-order valence-electron chi connectivity index (χ2n) is 7.26. The lowest BCUT2D eigenvalue weighted by Crippen LogP contribution is -2.55. The lowest BCUT2D eigenvalue weighted by atomic mass is 9.71. The van der Waals surface area contributed by atoms with Crippen LogP contribution in [0.1, 0.15) is 32.8 Å². The number of carboxylic acids is 1. The summed E-state index contributed by atoms with van der Waals surface area (Å²) < 4.78 is 0. The Morgan fingerprint density at radius 2 is 1.96 bits per heavy atom. The Balaban J connectivity index is 1.98. The lowest BCUT2D eigenvalue weighted by Gasteiger charge is -2.48. The molecule has 1 saturated heterocycles. The second-order valence-corrected chi connectivity index (χ2v) is 7.26. The third-order valence-corrected chi connectivity index (χ3v) is 4.80. The number of aliphatic hydroxyl groups is 1. The van der Waals surface area contributed by atoms with Crippen molar-refractivity contribution in [2.45, 2.75) is 39.3 Å². The molecule has 23 heavy (non-hydrogen) atoms. The van der Waals surface area contributed by atoms with Crippen LogP contribution >= 0.6 is 0 Å². The molecule has 2 rings (SSSR count). The van der Waals surface area contributed by atoms with Crippen molar-refractivity contribution < 1.29 is 15.0 Å². The molecular weight excluding hydrogens is 296 g/mol. The highest BCUT2D eigenvalue weighted by atomic mass is 16.4. The van der Waals surface area contributed by atoms with Gasteiger partial charge in [0.25, 0.3) is 0 Å². The third kappa shape index (κ3) is 4.17. The summed E-state index contributed by atoms with van der Waals surface area (Å²) in [6.45, 7) is 8.30. The molecule has 0 aromatic carbocycles. The van der Waals surface area contributed by atoms with Gasteiger partial charge in [0.15, 0.2) is 0 Å². The molecule has 7 heteroatoms. The minimum absolute atomic E-state index is 0.130. The summed E-state index contributed by atoms with van der Waals surface area (Å²) in [5.74, 6) is -0.513. The number of likely N-dealkylation sites (N-methyl/N-ethyl adjacent to an activating group) is 1. The number of anilines is 1. The number of carbonyl (C=O) groups is 1. The van der Waals surface area contributed by atoms with Gasteiger partial charge in [0.05, 0.1) is 5.60 Å². The van der Waals surface area contributed by atoms with Gasteiger partial charge >= 0.3 is 5.97 Å². The van der Waals surface area contributed by atoms with Crippen LogP contribution in [-0.2, 0) is 11.3 Å². The van der Waals surface area contributed by atoms with Crippen molar-refractivity contribution in [2.24, 2.45) is 5.41 Å². The van der Waals surface area contributed by atoms with Crippen molar-refractivity contribution in [3.8, 4) is 0 Å². The highest BCUT2D eigenvalue weighted by molar-refractivity contribution is 5.72. The highest BCUT2D eigenvalue weighted by Crippen LogP contribution is 2.38. The van der Waals surface area contributed by atoms with Crippen LogP contribution in [0.4, 0.5) is 5.95 Å². The summed E-state index contributed by atoms with van der Waals surface area (Å²) >= 11 is 0. The maximum absolute atomic E-state index is 10.7. The molecule has 7 nitrogen and oxygen atoms in total. The first-order valence-electron chi connectivity index (χ1n) is 7.79. The summed E-state index contributed by atoms with van der Waals surface area (Å²) in [6.07, 6.45) is 4.21. The Hall–Kier alpha value is -1.73. The van der Waals surface area contributed by atoms with Crippen molar-refractivity contribution in [3.63, 3.8) is 0 Å². The van der Waals surface area contributed by atoms with Crippen molar-refractivity contribution in [1.82, 2.24) is 14.9 Å². The molecule has 1 aliphatic rings. The van der Waals surface area contributed by atoms with E-state index in [2.05, 4.69) is 28.7 Å². The van der Waals surface area contributed by atoms with Crippen LogP contribution in [0.15, 0.2) is 12.4 Å². The number of hydrogen-bond donors (Lipinski definition) is 2. The van der Waals surface area contributed by atoms with Gasteiger partial charge in [-0.1, -0.05) is 13.8 Å². The van der Waals surface area contributed by atoms with Crippen LogP contribution in [-0.4, -0.2) is 63.3 Å². The molecule has 1 aromatic heterocycles. The molecule has 2 N–H and O–H groups in total. The first-order chi connectivity index (χ1) is 10.6. The van der Waals surface area contributed by atoms with E-state index < -0.39 is 11.6 Å². The third-order valence-electron chi connectivity index (χ3n) is 4.80. The van der Waals surface area contributed by atoms with E-state index in [1.807, 2.05) is 6.92 Å². The second kappa shape index (κ2) is 6.41. The molecule has 1 atom stereocenters. The fourth-order valence-electron chi connectivity index (χ4n) is 2.82. The van der Waals surface area contributed by atoms with E-state index in [0.717, 1.165) is 31.6 Å². The van der Waals surface area contributed by atoms with Gasteiger partial charge in [0, 0.05) is 50.1 Å². The van der Waals surface area contributed by atoms with E-state index >= 15 is 0 Å². The number of aromatic nitrogens is 2. The summed E-state index contributed by atoms with van der Waals surface area (Å²) in [5, 5.41) is 19.2. The number of aliphatic carboxylic acids is 1. The van der Waals surface area contributed by atoms with E-state index in [1.165, 1.54) is 4.90 Å². The van der Waals surface area contributed by atoms with E-state index in [1.54, 1.807) is 19.4 Å². The first-order valence-corrected chi connectivity index (χ1v) is 7.79. The number of nitrogens with zero attached hydrogens (tertiary/aromatic N) is 4. The topological polar surface area (TPSA) is 89.8 Å². The zero-order valence-electron chi connectivity index (χ0n) is 14.3. The molecule has 0 saturated carbocycles. The van der Waals surface area contributed by atoms with Crippen LogP contribution in [0.25, 0.3) is 0 Å². The van der Waals surface area contributed by atoms with Gasteiger partial charge in [-0.15, -0.1) is 0 Å². The Kier molecular flexibility index (Phi) is 4.91. The predicted molar refractivity (Wildman–Crippen MR) is 87.2 cm³/mol. The Labute approximate surface area is 137 Å². The minimum Gasteiger partial charge on any atom is -0.480 e. The molecule has 0 spiro atoms. The molecule has 0 unspecified atom stereocenters. The molecule has 1 fully saturated rings. The monoisotopic (exact) mass is 322 g/mol. The fourth-order valence-corrected chi connectivity index (χ4v) is 2.82. The van der Waals surface area contributed by atoms with Crippen molar-refractivity contribution in [1.29, 1.82) is 0 Å². The van der Waals surface area contributed by atoms with Gasteiger partial charge in [-0.05, 0) is 13.3 Å². The van der Waals surface area contributed by atoms with Gasteiger partial charge in [-0.2, -0.15) is 0 Å². The van der Waals surface area contributed by atoms with Crippen molar-refractivity contribution >= 4 is 11.9 Å². The standard InChI is InChI=1S/C16H26N4O3/c1-15(2)11-20(6-5-16(15,3)23)9-12-7-17-14(18-8-12)19(4)10-13(21)22/h7-8,23H,5-6,9-11H2,1-4H3,(H,21,22)/t16-/m1/s1. The van der Waals surface area contributed by atoms with Crippen LogP contribution in [0.3, 0.4) is 0 Å². The normalized spacial score (nSPS) is 24.4. The van der Waals surface area contributed by atoms with Gasteiger partial charge < -0.3 is 15.1 Å². The Morgan fingerprint density at radius 3 is 2.48 bits per heavy atom. The molecule has 2 heterocycles. The average molecular weight is 322 g/mol. The van der Waals surface area contributed by atoms with Gasteiger partial charge in [-0.3, -0.25) is 9.69 Å². The molecule has 0 bridgehead atoms. The number of piperidine rings is 1. The van der Waals surface area contributed by atoms with E-state index in [9.17, 15) is 9.90 Å². The summed E-state index contributed by atoms with van der Waals surface area (Å²) in [5.41, 5.74) is 0.159. The molecule has 128 valence electrons. The van der Waals surface area contributed by atoms with Gasteiger partial charge in [0.1, 0.15) is 6.54 Å². The Bertz CT molecular complexity index is 557. The first kappa shape index (κ1) is 17.6. The molecule has 0 aliphatic carbocycles. The molecule has 0 amide bonds. The molecule has 1 aromatic rings. The van der Waals surface area contributed by atoms with E-state index in [-0.39, 0.29) is 12.0 Å². The number of carboxylic acid groups (broad SMARTS) is 1. The summed E-state index contributed by atoms with van der Waals surface area (Å²) in [7, 11) is 1.65. The Morgan fingerprint density at radius 1 is 1.35 bits per heavy atom. The molecule has 1 aliphatic heterocycles. The smallest absolute Gasteiger partial charge is 0.323 e. The predicted octanol–water partition coefficient (Wildman–Crippen LogP) is 0.980. The SMILES string of the molecule is CN(CC(=O)O)c1ncc(CN2CC[C@@](C)(O)C(C)(C)C2)cn1. The van der Waals surface area contributed by atoms with Crippen molar-refractivity contribution in [2.75, 3.05) is 31.6 Å². The average Bonchev–Trinajstić information content (AvgIpc) is 2.43. The number of rotatable bonds is 5. The number of likely N-dealkylation sites (tertiary alicyclic amines) is 1. The van der Waals surface area contributed by atoms with Crippen LogP contribution in [0.5, 0.6) is 0 Å². The minimum atomic E-state index is -0.914. The maximum atomic E-state index is 10.7. The zero-order chi connectivity index (χ0) is 17.3. The maximum Gasteiger partial charge on any atom is 0.323 e. The lowest BCUT2D eigenvalue weighted by molar-refractivity contribution is -0.135. The summed E-state index contributed by atoms with van der Waals surface area (Å²) in [6, 6.07) is 0. The highest BCUT2D eigenvalue weighted by Gasteiger charge is 2.43. The van der Waals surface area contributed by atoms with Gasteiger partial charge in [0.2, 0.25) is 5.95 Å². The van der Waals surface area contributed by atoms with Crippen LogP contribution in [0.2, 0.25) is 0 Å². The fraction of sp³-hybridized carbons (Fsp3) is 0.688. The van der Waals surface area contributed by atoms with Gasteiger partial charge in [-0.25, -0.2) is 9.97 Å². The quantitative estimate of drug-likeness (QED) is 0.835. The molecule has 0 radical (unpaired) electrons. The van der Waals surface area contributed by atoms with E-state index in [0.29, 0.717) is 5.95 Å². The zero-order valence-corrected chi connectivity index (χ0v) is 14.3. The summed E-state index contributed by atoms with van der Waals surface area (Å²) in [4.78, 5) is 23.0. The number of hydrogen-bond acceptors (Lipinski definition) is 6.